The van der Waals surface area contributed by atoms with Crippen molar-refractivity contribution in [2.24, 2.45) is 0 Å². The summed E-state index contributed by atoms with van der Waals surface area (Å²) in [6.07, 6.45) is 1.73. The third-order valence-corrected chi connectivity index (χ3v) is 5.65. The predicted octanol–water partition coefficient (Wildman–Crippen LogP) is 3.90. The molecule has 2 aliphatic heterocycles. The Hall–Kier alpha value is -2.92. The van der Waals surface area contributed by atoms with Crippen molar-refractivity contribution in [3.05, 3.63) is 76.4 Å². The fourth-order valence-corrected chi connectivity index (χ4v) is 4.13. The van der Waals surface area contributed by atoms with E-state index in [4.69, 9.17) is 4.74 Å². The van der Waals surface area contributed by atoms with E-state index < -0.39 is 17.7 Å². The number of hydrogen-bond donors (Lipinski definition) is 1. The number of carbonyl (C=O) groups excluding carboxylic acids is 2. The average molecular weight is 391 g/mol. The molecule has 0 aromatic heterocycles. The zero-order chi connectivity index (χ0) is 20.5. The molecule has 0 radical (unpaired) electrons. The third-order valence-electron chi connectivity index (χ3n) is 5.65. The smallest absolute Gasteiger partial charge is 0.295 e. The SMILES string of the molecule is Cc1ccc(/C(O)=C2/C(=O)C(=O)N(CC3CCCO3)C2c2cccc(C)c2)cc1. The van der Waals surface area contributed by atoms with E-state index >= 15 is 0 Å². The summed E-state index contributed by atoms with van der Waals surface area (Å²) in [5, 5.41) is 11.0. The van der Waals surface area contributed by atoms with Crippen molar-refractivity contribution in [1.29, 1.82) is 0 Å². The van der Waals surface area contributed by atoms with Gasteiger partial charge in [0.25, 0.3) is 11.7 Å². The van der Waals surface area contributed by atoms with E-state index in [0.29, 0.717) is 18.7 Å². The number of carbonyl (C=O) groups is 2. The van der Waals surface area contributed by atoms with E-state index in [1.54, 1.807) is 17.0 Å². The second-order valence-corrected chi connectivity index (χ2v) is 7.87. The molecule has 2 aromatic carbocycles. The molecule has 0 bridgehead atoms. The van der Waals surface area contributed by atoms with Crippen LogP contribution in [0.15, 0.2) is 54.1 Å². The lowest BCUT2D eigenvalue weighted by Crippen LogP contribution is -2.36. The number of aliphatic hydroxyl groups excluding tert-OH is 1. The number of ketones is 1. The second-order valence-electron chi connectivity index (χ2n) is 7.87. The Morgan fingerprint density at radius 1 is 1.10 bits per heavy atom. The van der Waals surface area contributed by atoms with E-state index in [-0.39, 0.29) is 17.4 Å². The van der Waals surface area contributed by atoms with E-state index in [1.807, 2.05) is 50.2 Å². The summed E-state index contributed by atoms with van der Waals surface area (Å²) in [6, 6.07) is 14.4. The number of amides is 1. The Labute approximate surface area is 170 Å². The Morgan fingerprint density at radius 2 is 1.86 bits per heavy atom. The molecule has 1 amide bonds. The van der Waals surface area contributed by atoms with Crippen LogP contribution in [-0.2, 0) is 14.3 Å². The van der Waals surface area contributed by atoms with Gasteiger partial charge in [0.2, 0.25) is 0 Å². The monoisotopic (exact) mass is 391 g/mol. The van der Waals surface area contributed by atoms with Gasteiger partial charge in [-0.3, -0.25) is 9.59 Å². The molecule has 2 saturated heterocycles. The molecule has 5 nitrogen and oxygen atoms in total. The van der Waals surface area contributed by atoms with Crippen LogP contribution in [0.25, 0.3) is 5.76 Å². The number of likely N-dealkylation sites (tertiary alicyclic amines) is 1. The molecule has 2 unspecified atom stereocenters. The third kappa shape index (κ3) is 3.70. The van der Waals surface area contributed by atoms with Gasteiger partial charge in [-0.05, 0) is 32.3 Å². The normalized spacial score (nSPS) is 23.7. The first-order valence-corrected chi connectivity index (χ1v) is 9.99. The molecule has 2 atom stereocenters. The number of rotatable bonds is 4. The summed E-state index contributed by atoms with van der Waals surface area (Å²) in [6.45, 7) is 4.94. The van der Waals surface area contributed by atoms with Gasteiger partial charge in [-0.25, -0.2) is 0 Å². The molecule has 2 aliphatic rings. The number of aryl methyl sites for hydroxylation is 2. The molecule has 0 saturated carbocycles. The van der Waals surface area contributed by atoms with Crippen molar-refractivity contribution >= 4 is 17.4 Å². The maximum atomic E-state index is 13.0. The quantitative estimate of drug-likeness (QED) is 0.488. The van der Waals surface area contributed by atoms with Crippen LogP contribution in [0.4, 0.5) is 0 Å². The first-order valence-electron chi connectivity index (χ1n) is 9.99. The Bertz CT molecular complexity index is 971. The predicted molar refractivity (Wildman–Crippen MR) is 110 cm³/mol. The zero-order valence-electron chi connectivity index (χ0n) is 16.7. The summed E-state index contributed by atoms with van der Waals surface area (Å²) < 4.78 is 5.72. The van der Waals surface area contributed by atoms with Gasteiger partial charge >= 0.3 is 0 Å². The molecule has 1 N–H and O–H groups in total. The van der Waals surface area contributed by atoms with Gasteiger partial charge < -0.3 is 14.7 Å². The maximum Gasteiger partial charge on any atom is 0.295 e. The first-order chi connectivity index (χ1) is 14.0. The molecule has 5 heteroatoms. The second kappa shape index (κ2) is 7.84. The van der Waals surface area contributed by atoms with Gasteiger partial charge in [-0.15, -0.1) is 0 Å². The highest BCUT2D eigenvalue weighted by Gasteiger charge is 2.47. The van der Waals surface area contributed by atoms with Crippen molar-refractivity contribution in [2.75, 3.05) is 13.2 Å². The summed E-state index contributed by atoms with van der Waals surface area (Å²) in [5.74, 6) is -1.36. The van der Waals surface area contributed by atoms with Crippen molar-refractivity contribution < 1.29 is 19.4 Å². The fourth-order valence-electron chi connectivity index (χ4n) is 4.13. The molecule has 0 spiro atoms. The lowest BCUT2D eigenvalue weighted by molar-refractivity contribution is -0.140. The van der Waals surface area contributed by atoms with Crippen molar-refractivity contribution in [2.45, 2.75) is 38.8 Å². The molecule has 4 rings (SSSR count). The Kier molecular flexibility index (Phi) is 5.24. The van der Waals surface area contributed by atoms with Crippen LogP contribution in [0.1, 0.15) is 41.1 Å². The van der Waals surface area contributed by atoms with Crippen LogP contribution in [0.3, 0.4) is 0 Å². The molecule has 2 heterocycles. The molecular formula is C24H25NO4. The van der Waals surface area contributed by atoms with Crippen LogP contribution in [-0.4, -0.2) is 41.0 Å². The fraction of sp³-hybridized carbons (Fsp3) is 0.333. The molecule has 2 fully saturated rings. The maximum absolute atomic E-state index is 13.0. The van der Waals surface area contributed by atoms with Gasteiger partial charge in [0, 0.05) is 18.7 Å². The molecular weight excluding hydrogens is 366 g/mol. The van der Waals surface area contributed by atoms with Crippen LogP contribution < -0.4 is 0 Å². The first kappa shape index (κ1) is 19.4. The lowest BCUT2D eigenvalue weighted by Gasteiger charge is -2.27. The highest BCUT2D eigenvalue weighted by molar-refractivity contribution is 6.46. The number of aliphatic hydroxyl groups is 1. The van der Waals surface area contributed by atoms with Crippen LogP contribution in [0.2, 0.25) is 0 Å². The Balaban J connectivity index is 1.83. The van der Waals surface area contributed by atoms with Crippen molar-refractivity contribution in [3.63, 3.8) is 0 Å². The highest BCUT2D eigenvalue weighted by Crippen LogP contribution is 2.40. The molecule has 2 aromatic rings. The molecule has 29 heavy (non-hydrogen) atoms. The summed E-state index contributed by atoms with van der Waals surface area (Å²) in [7, 11) is 0. The van der Waals surface area contributed by atoms with Gasteiger partial charge in [-0.2, -0.15) is 0 Å². The minimum Gasteiger partial charge on any atom is -0.507 e. The van der Waals surface area contributed by atoms with Crippen molar-refractivity contribution in [3.8, 4) is 0 Å². The van der Waals surface area contributed by atoms with Gasteiger partial charge in [-0.1, -0.05) is 59.7 Å². The van der Waals surface area contributed by atoms with Gasteiger partial charge in [0.05, 0.1) is 17.7 Å². The van der Waals surface area contributed by atoms with Crippen LogP contribution in [0, 0.1) is 13.8 Å². The number of Topliss-reactive ketones (excluding diaryl/α,β-unsaturated/α-hetero) is 1. The summed E-state index contributed by atoms with van der Waals surface area (Å²) >= 11 is 0. The van der Waals surface area contributed by atoms with E-state index in [9.17, 15) is 14.7 Å². The Morgan fingerprint density at radius 3 is 2.52 bits per heavy atom. The van der Waals surface area contributed by atoms with Gasteiger partial charge in [0.15, 0.2) is 0 Å². The lowest BCUT2D eigenvalue weighted by atomic mass is 9.94. The van der Waals surface area contributed by atoms with E-state index in [1.165, 1.54) is 0 Å². The standard InChI is InChI=1S/C24H25NO4/c1-15-8-10-17(11-9-15)22(26)20-21(18-6-3-5-16(2)13-18)25(24(28)23(20)27)14-19-7-4-12-29-19/h3,5-6,8-11,13,19,21,26H,4,7,12,14H2,1-2H3/b22-20-. The van der Waals surface area contributed by atoms with Crippen LogP contribution >= 0.6 is 0 Å². The van der Waals surface area contributed by atoms with E-state index in [2.05, 4.69) is 0 Å². The highest BCUT2D eigenvalue weighted by atomic mass is 16.5. The number of benzene rings is 2. The average Bonchev–Trinajstić information content (AvgIpc) is 3.30. The van der Waals surface area contributed by atoms with Gasteiger partial charge in [0.1, 0.15) is 5.76 Å². The van der Waals surface area contributed by atoms with Crippen LogP contribution in [0.5, 0.6) is 0 Å². The largest absolute Gasteiger partial charge is 0.507 e. The minimum atomic E-state index is -0.646. The topological polar surface area (TPSA) is 66.8 Å². The number of hydrogen-bond acceptors (Lipinski definition) is 4. The molecule has 150 valence electrons. The minimum absolute atomic E-state index is 0.0834. The van der Waals surface area contributed by atoms with E-state index in [0.717, 1.165) is 29.5 Å². The summed E-state index contributed by atoms with van der Waals surface area (Å²) in [4.78, 5) is 27.5. The van der Waals surface area contributed by atoms with Crippen molar-refractivity contribution in [1.82, 2.24) is 4.90 Å². The number of ether oxygens (including phenoxy) is 1. The zero-order valence-corrected chi connectivity index (χ0v) is 16.7. The number of nitrogens with zero attached hydrogens (tertiary/aromatic N) is 1. The summed E-state index contributed by atoms with van der Waals surface area (Å²) in [5.41, 5.74) is 3.57. The molecule has 0 aliphatic carbocycles.